The van der Waals surface area contributed by atoms with Gasteiger partial charge in [-0.05, 0) is 6.07 Å². The summed E-state index contributed by atoms with van der Waals surface area (Å²) in [6.45, 7) is 7.02. The Hall–Kier alpha value is -1.85. The minimum Gasteiger partial charge on any atom is -0.166 e. The summed E-state index contributed by atoms with van der Waals surface area (Å²) in [6.07, 6.45) is -9.68. The summed E-state index contributed by atoms with van der Waals surface area (Å²) in [5.41, 5.74) is 0.956. The van der Waals surface area contributed by atoms with Crippen LogP contribution >= 0.6 is 0 Å². The SMILES string of the molecule is Cc1c(C)c(-c2cc(C(F)(F)F)cc(C(F)(F)F)c2)[c-](C)c1C. The lowest BCUT2D eigenvalue weighted by Gasteiger charge is -2.19. The van der Waals surface area contributed by atoms with E-state index in [9.17, 15) is 26.3 Å². The highest BCUT2D eigenvalue weighted by Gasteiger charge is 2.36. The maximum Gasteiger partial charge on any atom is 0.415 e. The summed E-state index contributed by atoms with van der Waals surface area (Å²) in [6, 6.07) is 1.71. The van der Waals surface area contributed by atoms with Gasteiger partial charge in [-0.15, -0.1) is 16.7 Å². The van der Waals surface area contributed by atoms with Crippen molar-refractivity contribution < 1.29 is 26.3 Å². The second-order valence-electron chi connectivity index (χ2n) is 5.67. The maximum absolute atomic E-state index is 13.0. The Kier molecular flexibility index (Phi) is 4.07. The summed E-state index contributed by atoms with van der Waals surface area (Å²) in [7, 11) is 0. The van der Waals surface area contributed by atoms with E-state index < -0.39 is 23.5 Å². The molecule has 126 valence electrons. The van der Waals surface area contributed by atoms with Crippen molar-refractivity contribution in [2.45, 2.75) is 40.0 Å². The van der Waals surface area contributed by atoms with Crippen molar-refractivity contribution in [3.8, 4) is 11.1 Å². The third-order valence-corrected chi connectivity index (χ3v) is 4.31. The number of hydrogen-bond donors (Lipinski definition) is 0. The maximum atomic E-state index is 13.0. The molecule has 0 N–H and O–H groups in total. The van der Waals surface area contributed by atoms with Crippen molar-refractivity contribution in [2.75, 3.05) is 0 Å². The molecule has 6 heteroatoms. The molecule has 0 amide bonds. The first-order valence-corrected chi connectivity index (χ1v) is 6.87. The molecule has 0 aromatic heterocycles. The van der Waals surface area contributed by atoms with Crippen LogP contribution in [0.4, 0.5) is 26.3 Å². The smallest absolute Gasteiger partial charge is 0.166 e. The predicted octanol–water partition coefficient (Wildman–Crippen LogP) is 6.34. The molecule has 0 atom stereocenters. The lowest BCUT2D eigenvalue weighted by Crippen LogP contribution is -2.11. The van der Waals surface area contributed by atoms with E-state index in [0.717, 1.165) is 23.3 Å². The Morgan fingerprint density at radius 2 is 1.17 bits per heavy atom. The highest BCUT2D eigenvalue weighted by molar-refractivity contribution is 5.77. The molecular formula is C17H15F6-. The number of alkyl halides is 6. The highest BCUT2D eigenvalue weighted by atomic mass is 19.4. The Bertz CT molecular complexity index is 686. The summed E-state index contributed by atoms with van der Waals surface area (Å²) in [5.74, 6) is 0. The van der Waals surface area contributed by atoms with Crippen LogP contribution < -0.4 is 0 Å². The Balaban J connectivity index is 2.80. The Labute approximate surface area is 130 Å². The van der Waals surface area contributed by atoms with Crippen LogP contribution in [0.15, 0.2) is 18.2 Å². The Morgan fingerprint density at radius 1 is 0.739 bits per heavy atom. The summed E-state index contributed by atoms with van der Waals surface area (Å²) >= 11 is 0. The zero-order valence-electron chi connectivity index (χ0n) is 13.0. The lowest BCUT2D eigenvalue weighted by atomic mass is 9.96. The van der Waals surface area contributed by atoms with Crippen LogP contribution in [-0.4, -0.2) is 0 Å². The first-order valence-electron chi connectivity index (χ1n) is 6.87. The van der Waals surface area contributed by atoms with Gasteiger partial charge in [0.2, 0.25) is 0 Å². The zero-order chi connectivity index (χ0) is 17.7. The third-order valence-electron chi connectivity index (χ3n) is 4.31. The quantitative estimate of drug-likeness (QED) is 0.422. The molecule has 0 aliphatic rings. The molecule has 0 aliphatic carbocycles. The molecule has 0 radical (unpaired) electrons. The highest BCUT2D eigenvalue weighted by Crippen LogP contribution is 2.41. The van der Waals surface area contributed by atoms with Crippen LogP contribution in [0.25, 0.3) is 11.1 Å². The van der Waals surface area contributed by atoms with Gasteiger partial charge < -0.3 is 0 Å². The van der Waals surface area contributed by atoms with Gasteiger partial charge >= 0.3 is 12.4 Å². The fraction of sp³-hybridized carbons (Fsp3) is 0.353. The predicted molar refractivity (Wildman–Crippen MR) is 76.4 cm³/mol. The van der Waals surface area contributed by atoms with E-state index in [4.69, 9.17) is 0 Å². The third kappa shape index (κ3) is 3.12. The Morgan fingerprint density at radius 3 is 1.48 bits per heavy atom. The number of rotatable bonds is 1. The number of halogens is 6. The molecule has 2 rings (SSSR count). The van der Waals surface area contributed by atoms with Crippen LogP contribution in [0.2, 0.25) is 0 Å². The summed E-state index contributed by atoms with van der Waals surface area (Å²) < 4.78 is 77.8. The van der Waals surface area contributed by atoms with Crippen LogP contribution in [0.3, 0.4) is 0 Å². The molecule has 0 unspecified atom stereocenters. The summed E-state index contributed by atoms with van der Waals surface area (Å²) in [4.78, 5) is 0. The molecule has 0 saturated carbocycles. The van der Waals surface area contributed by atoms with Crippen LogP contribution in [0.5, 0.6) is 0 Å². The van der Waals surface area contributed by atoms with Crippen LogP contribution in [0, 0.1) is 27.7 Å². The van der Waals surface area contributed by atoms with Crippen molar-refractivity contribution in [3.63, 3.8) is 0 Å². The second-order valence-corrected chi connectivity index (χ2v) is 5.67. The van der Waals surface area contributed by atoms with E-state index >= 15 is 0 Å². The fourth-order valence-corrected chi connectivity index (χ4v) is 2.75. The molecule has 0 bridgehead atoms. The molecule has 2 aromatic rings. The van der Waals surface area contributed by atoms with Gasteiger partial charge in [-0.2, -0.15) is 37.5 Å². The molecule has 0 saturated heterocycles. The minimum atomic E-state index is -4.84. The molecule has 0 spiro atoms. The molecule has 0 nitrogen and oxygen atoms in total. The number of hydrogen-bond acceptors (Lipinski definition) is 0. The van der Waals surface area contributed by atoms with Crippen molar-refractivity contribution >= 4 is 0 Å². The van der Waals surface area contributed by atoms with E-state index in [0.29, 0.717) is 16.7 Å². The van der Waals surface area contributed by atoms with E-state index in [1.165, 1.54) is 0 Å². The minimum absolute atomic E-state index is 0.0571. The van der Waals surface area contributed by atoms with Crippen molar-refractivity contribution in [3.05, 3.63) is 51.6 Å². The zero-order valence-corrected chi connectivity index (χ0v) is 13.0. The van der Waals surface area contributed by atoms with Gasteiger partial charge in [-0.3, -0.25) is 0 Å². The van der Waals surface area contributed by atoms with Gasteiger partial charge in [0, 0.05) is 11.1 Å². The monoisotopic (exact) mass is 333 g/mol. The molecule has 0 aliphatic heterocycles. The normalized spacial score (nSPS) is 12.8. The van der Waals surface area contributed by atoms with E-state index in [2.05, 4.69) is 0 Å². The standard InChI is InChI=1S/C17H15F6/c1-8-9(2)11(4)15(10(8)3)12-5-13(16(18,19)20)7-14(6-12)17(21,22)23/h5-7H,1-4H3/q-1. The fourth-order valence-electron chi connectivity index (χ4n) is 2.75. The van der Waals surface area contributed by atoms with Crippen molar-refractivity contribution in [1.29, 1.82) is 0 Å². The summed E-state index contributed by atoms with van der Waals surface area (Å²) in [5, 5.41) is 0. The van der Waals surface area contributed by atoms with Crippen molar-refractivity contribution in [2.24, 2.45) is 0 Å². The average molecular weight is 333 g/mol. The molecule has 0 fully saturated rings. The first-order chi connectivity index (χ1) is 10.3. The van der Waals surface area contributed by atoms with Crippen LogP contribution in [0.1, 0.15) is 33.4 Å². The van der Waals surface area contributed by atoms with Gasteiger partial charge in [0.05, 0.1) is 0 Å². The van der Waals surface area contributed by atoms with Crippen molar-refractivity contribution in [1.82, 2.24) is 0 Å². The van der Waals surface area contributed by atoms with Gasteiger partial charge in [0.1, 0.15) is 0 Å². The first kappa shape index (κ1) is 17.5. The lowest BCUT2D eigenvalue weighted by molar-refractivity contribution is -0.143. The largest absolute Gasteiger partial charge is 0.415 e. The van der Waals surface area contributed by atoms with E-state index in [1.54, 1.807) is 27.7 Å². The van der Waals surface area contributed by atoms with Gasteiger partial charge in [-0.1, -0.05) is 45.4 Å². The second kappa shape index (κ2) is 5.35. The van der Waals surface area contributed by atoms with Gasteiger partial charge in [-0.25, -0.2) is 0 Å². The molecule has 23 heavy (non-hydrogen) atoms. The topological polar surface area (TPSA) is 0 Å². The van der Waals surface area contributed by atoms with Gasteiger partial charge in [0.15, 0.2) is 0 Å². The number of benzene rings is 1. The van der Waals surface area contributed by atoms with Crippen LogP contribution in [-0.2, 0) is 12.4 Å². The molecular weight excluding hydrogens is 318 g/mol. The molecule has 2 aromatic carbocycles. The van der Waals surface area contributed by atoms with Gasteiger partial charge in [0.25, 0.3) is 0 Å². The molecule has 0 heterocycles. The average Bonchev–Trinajstić information content (AvgIpc) is 2.60. The van der Waals surface area contributed by atoms with E-state index in [1.807, 2.05) is 0 Å². The van der Waals surface area contributed by atoms with E-state index in [-0.39, 0.29) is 11.6 Å².